The van der Waals surface area contributed by atoms with Gasteiger partial charge in [-0.1, -0.05) is 79.0 Å². The van der Waals surface area contributed by atoms with Crippen molar-refractivity contribution in [2.24, 2.45) is 0 Å². The lowest BCUT2D eigenvalue weighted by atomic mass is 10.0. The summed E-state index contributed by atoms with van der Waals surface area (Å²) in [5, 5.41) is 4.40. The summed E-state index contributed by atoms with van der Waals surface area (Å²) in [5.41, 5.74) is 1.96. The molecular weight excluding hydrogens is 523 g/mol. The highest BCUT2D eigenvalue weighted by Gasteiger charge is 2.30. The third-order valence-electron chi connectivity index (χ3n) is 5.98. The van der Waals surface area contributed by atoms with Gasteiger partial charge in [-0.25, -0.2) is 0 Å². The molecule has 1 atom stereocenters. The highest BCUT2D eigenvalue weighted by molar-refractivity contribution is 7.99. The van der Waals surface area contributed by atoms with Gasteiger partial charge in [0, 0.05) is 40.9 Å². The van der Waals surface area contributed by atoms with E-state index in [-0.39, 0.29) is 11.8 Å². The van der Waals surface area contributed by atoms with Crippen molar-refractivity contribution in [3.8, 4) is 0 Å². The Morgan fingerprint density at radius 3 is 2.16 bits per heavy atom. The highest BCUT2D eigenvalue weighted by atomic mass is 35.5. The first-order valence-electron chi connectivity index (χ1n) is 12.7. The van der Waals surface area contributed by atoms with E-state index in [1.165, 1.54) is 0 Å². The zero-order valence-electron chi connectivity index (χ0n) is 21.2. The number of thioether (sulfide) groups is 1. The van der Waals surface area contributed by atoms with Crippen molar-refractivity contribution in [2.75, 3.05) is 12.3 Å². The molecule has 0 fully saturated rings. The van der Waals surface area contributed by atoms with E-state index in [1.54, 1.807) is 16.7 Å². The molecule has 0 heterocycles. The molecule has 7 heteroatoms. The molecule has 37 heavy (non-hydrogen) atoms. The van der Waals surface area contributed by atoms with Gasteiger partial charge in [0.05, 0.1) is 0 Å². The third-order valence-corrected chi connectivity index (χ3v) is 7.59. The summed E-state index contributed by atoms with van der Waals surface area (Å²) in [6.45, 7) is 3.03. The van der Waals surface area contributed by atoms with E-state index in [2.05, 4.69) is 12.2 Å². The van der Waals surface area contributed by atoms with Gasteiger partial charge in [-0.05, 0) is 66.1 Å². The fourth-order valence-electron chi connectivity index (χ4n) is 3.93. The van der Waals surface area contributed by atoms with Crippen LogP contribution < -0.4 is 5.32 Å². The van der Waals surface area contributed by atoms with Crippen LogP contribution in [-0.2, 0) is 22.6 Å². The molecule has 0 saturated heterocycles. The first kappa shape index (κ1) is 29.1. The van der Waals surface area contributed by atoms with Crippen molar-refractivity contribution in [3.63, 3.8) is 0 Å². The van der Waals surface area contributed by atoms with Gasteiger partial charge in [0.1, 0.15) is 6.04 Å². The number of hydrogen-bond donors (Lipinski definition) is 1. The molecule has 1 N–H and O–H groups in total. The van der Waals surface area contributed by atoms with Gasteiger partial charge < -0.3 is 10.2 Å². The molecule has 0 aliphatic rings. The van der Waals surface area contributed by atoms with E-state index in [9.17, 15) is 9.59 Å². The molecule has 2 amide bonds. The van der Waals surface area contributed by atoms with Crippen molar-refractivity contribution in [2.45, 2.75) is 56.5 Å². The Balaban J connectivity index is 1.76. The van der Waals surface area contributed by atoms with E-state index >= 15 is 0 Å². The highest BCUT2D eigenvalue weighted by Crippen LogP contribution is 2.23. The number of nitrogens with one attached hydrogen (secondary N) is 1. The minimum absolute atomic E-state index is 0.0294. The summed E-state index contributed by atoms with van der Waals surface area (Å²) in [7, 11) is 0. The van der Waals surface area contributed by atoms with Crippen LogP contribution in [0.3, 0.4) is 0 Å². The van der Waals surface area contributed by atoms with Crippen molar-refractivity contribution < 1.29 is 9.59 Å². The molecule has 0 bridgehead atoms. The van der Waals surface area contributed by atoms with E-state index < -0.39 is 6.04 Å². The van der Waals surface area contributed by atoms with Crippen LogP contribution in [-0.4, -0.2) is 35.1 Å². The van der Waals surface area contributed by atoms with Gasteiger partial charge in [-0.2, -0.15) is 0 Å². The van der Waals surface area contributed by atoms with Crippen LogP contribution in [0.5, 0.6) is 0 Å². The number of benzene rings is 3. The molecule has 3 rings (SSSR count). The van der Waals surface area contributed by atoms with E-state index in [4.69, 9.17) is 23.2 Å². The second kappa shape index (κ2) is 15.7. The fraction of sp³-hybridized carbons (Fsp3) is 0.333. The predicted octanol–water partition coefficient (Wildman–Crippen LogP) is 7.42. The third kappa shape index (κ3) is 10.1. The molecule has 0 saturated carbocycles. The molecule has 0 spiro atoms. The first-order valence-corrected chi connectivity index (χ1v) is 14.4. The van der Waals surface area contributed by atoms with Crippen LogP contribution in [0.15, 0.2) is 83.8 Å². The molecule has 0 aromatic heterocycles. The maximum Gasteiger partial charge on any atom is 0.243 e. The van der Waals surface area contributed by atoms with E-state index in [0.29, 0.717) is 42.4 Å². The zero-order chi connectivity index (χ0) is 26.5. The van der Waals surface area contributed by atoms with Gasteiger partial charge in [0.25, 0.3) is 0 Å². The lowest BCUT2D eigenvalue weighted by Crippen LogP contribution is -2.50. The first-order chi connectivity index (χ1) is 18.0. The Morgan fingerprint density at radius 1 is 0.865 bits per heavy atom. The quantitative estimate of drug-likeness (QED) is 0.166. The molecule has 1 unspecified atom stereocenters. The Labute approximate surface area is 234 Å². The van der Waals surface area contributed by atoms with Gasteiger partial charge in [0.2, 0.25) is 11.8 Å². The summed E-state index contributed by atoms with van der Waals surface area (Å²) in [6, 6.07) is 24.4. The number of carbonyl (C=O) groups excluding carboxylic acids is 2. The average molecular weight is 558 g/mol. The van der Waals surface area contributed by atoms with Crippen LogP contribution in [0.4, 0.5) is 0 Å². The molecule has 3 aromatic carbocycles. The Kier molecular flexibility index (Phi) is 12.3. The zero-order valence-corrected chi connectivity index (χ0v) is 23.5. The number of rotatable bonds is 14. The second-order valence-electron chi connectivity index (χ2n) is 8.90. The molecule has 0 aliphatic carbocycles. The number of amides is 2. The van der Waals surface area contributed by atoms with Gasteiger partial charge >= 0.3 is 0 Å². The summed E-state index contributed by atoms with van der Waals surface area (Å²) in [6.07, 6.45) is 3.41. The van der Waals surface area contributed by atoms with Crippen molar-refractivity contribution in [1.82, 2.24) is 10.2 Å². The van der Waals surface area contributed by atoms with Crippen LogP contribution >= 0.6 is 35.0 Å². The summed E-state index contributed by atoms with van der Waals surface area (Å²) >= 11 is 13.8. The lowest BCUT2D eigenvalue weighted by Gasteiger charge is -2.31. The largest absolute Gasteiger partial charge is 0.354 e. The van der Waals surface area contributed by atoms with Crippen LogP contribution in [0.1, 0.15) is 43.7 Å². The molecule has 0 aliphatic heterocycles. The molecular formula is C30H34Cl2N2O2S. The summed E-state index contributed by atoms with van der Waals surface area (Å²) < 4.78 is 0. The number of unbranched alkanes of at least 4 members (excludes halogenated alkanes) is 1. The van der Waals surface area contributed by atoms with Crippen LogP contribution in [0.25, 0.3) is 0 Å². The Bertz CT molecular complexity index is 1110. The molecule has 196 valence electrons. The SMILES string of the molecule is CCCCNC(=O)C(Cc1ccccc1)N(Cc1ccc(Cl)cc1)C(=O)CCCSc1ccc(Cl)cc1. The van der Waals surface area contributed by atoms with Crippen molar-refractivity contribution in [3.05, 3.63) is 100 Å². The van der Waals surface area contributed by atoms with Gasteiger partial charge in [-0.15, -0.1) is 11.8 Å². The maximum absolute atomic E-state index is 13.6. The topological polar surface area (TPSA) is 49.4 Å². The van der Waals surface area contributed by atoms with Crippen LogP contribution in [0, 0.1) is 0 Å². The summed E-state index contributed by atoms with van der Waals surface area (Å²) in [5.74, 6) is 0.655. The number of nitrogens with zero attached hydrogens (tertiary/aromatic N) is 1. The standard InChI is InChI=1S/C30H34Cl2N2O2S/c1-2-3-19-33-30(36)28(21-23-8-5-4-6-9-23)34(22-24-11-13-25(31)14-12-24)29(35)10-7-20-37-27-17-15-26(32)16-18-27/h4-6,8-9,11-18,28H,2-3,7,10,19-22H2,1H3,(H,33,36). The number of carbonyl (C=O) groups is 2. The minimum atomic E-state index is -0.605. The average Bonchev–Trinajstić information content (AvgIpc) is 2.91. The lowest BCUT2D eigenvalue weighted by molar-refractivity contribution is -0.141. The predicted molar refractivity (Wildman–Crippen MR) is 155 cm³/mol. The fourth-order valence-corrected chi connectivity index (χ4v) is 5.04. The van der Waals surface area contributed by atoms with Crippen molar-refractivity contribution >= 4 is 46.8 Å². The normalized spacial score (nSPS) is 11.6. The smallest absolute Gasteiger partial charge is 0.243 e. The minimum Gasteiger partial charge on any atom is -0.354 e. The maximum atomic E-state index is 13.6. The van der Waals surface area contributed by atoms with Gasteiger partial charge in [-0.3, -0.25) is 9.59 Å². The van der Waals surface area contributed by atoms with Crippen molar-refractivity contribution in [1.29, 1.82) is 0 Å². The van der Waals surface area contributed by atoms with E-state index in [0.717, 1.165) is 34.6 Å². The second-order valence-corrected chi connectivity index (χ2v) is 10.9. The number of hydrogen-bond acceptors (Lipinski definition) is 3. The number of halogens is 2. The Morgan fingerprint density at radius 2 is 1.51 bits per heavy atom. The van der Waals surface area contributed by atoms with E-state index in [1.807, 2.05) is 78.9 Å². The molecule has 3 aromatic rings. The Hall–Kier alpha value is -2.47. The molecule has 0 radical (unpaired) electrons. The summed E-state index contributed by atoms with van der Waals surface area (Å²) in [4.78, 5) is 29.9. The van der Waals surface area contributed by atoms with Crippen LogP contribution in [0.2, 0.25) is 10.0 Å². The van der Waals surface area contributed by atoms with Gasteiger partial charge in [0.15, 0.2) is 0 Å². The monoisotopic (exact) mass is 556 g/mol. The molecule has 4 nitrogen and oxygen atoms in total.